The Bertz CT molecular complexity index is 444. The Morgan fingerprint density at radius 1 is 1.50 bits per heavy atom. The Balaban J connectivity index is 2.50. The summed E-state index contributed by atoms with van der Waals surface area (Å²) in [4.78, 5) is 8.33. The van der Waals surface area contributed by atoms with Crippen LogP contribution in [0.1, 0.15) is 0 Å². The molecule has 0 spiro atoms. The molecule has 72 valence electrons. The molecular weight excluding hydrogens is 220 g/mol. The molecule has 0 bridgehead atoms. The summed E-state index contributed by atoms with van der Waals surface area (Å²) in [6.45, 7) is 0. The van der Waals surface area contributed by atoms with E-state index in [0.29, 0.717) is 10.9 Å². The van der Waals surface area contributed by atoms with Gasteiger partial charge < -0.3 is 4.74 Å². The first-order chi connectivity index (χ1) is 6.81. The summed E-state index contributed by atoms with van der Waals surface area (Å²) in [6.07, 6.45) is 1.70. The number of halogens is 1. The summed E-state index contributed by atoms with van der Waals surface area (Å²) < 4.78 is 5.17. The molecule has 0 fully saturated rings. The number of hydrogen-bond donors (Lipinski definition) is 0. The van der Waals surface area contributed by atoms with Crippen LogP contribution in [-0.2, 0) is 0 Å². The van der Waals surface area contributed by atoms with E-state index in [1.807, 2.05) is 12.1 Å². The smallest absolute Gasteiger partial charge is 0.147 e. The molecule has 0 saturated carbocycles. The fraction of sp³-hybridized carbons (Fsp3) is 0.111. The molecule has 0 N–H and O–H groups in total. The van der Waals surface area contributed by atoms with Crippen LogP contribution in [0.2, 0.25) is 5.15 Å². The van der Waals surface area contributed by atoms with E-state index in [4.69, 9.17) is 16.3 Å². The molecule has 2 aromatic rings. The van der Waals surface area contributed by atoms with Crippen LogP contribution < -0.4 is 4.74 Å². The third-order valence-corrected chi connectivity index (χ3v) is 2.84. The SMILES string of the molecule is COc1cccnc1-c1nc(Cl)cs1. The zero-order chi connectivity index (χ0) is 9.97. The Morgan fingerprint density at radius 3 is 3.00 bits per heavy atom. The highest BCUT2D eigenvalue weighted by Gasteiger charge is 2.09. The molecule has 0 unspecified atom stereocenters. The van der Waals surface area contributed by atoms with E-state index in [2.05, 4.69) is 9.97 Å². The molecule has 0 aliphatic rings. The van der Waals surface area contributed by atoms with Gasteiger partial charge in [0.05, 0.1) is 7.11 Å². The number of thiazole rings is 1. The van der Waals surface area contributed by atoms with Crippen LogP contribution in [0, 0.1) is 0 Å². The van der Waals surface area contributed by atoms with Gasteiger partial charge in [0.25, 0.3) is 0 Å². The quantitative estimate of drug-likeness (QED) is 0.790. The van der Waals surface area contributed by atoms with E-state index in [1.165, 1.54) is 11.3 Å². The summed E-state index contributed by atoms with van der Waals surface area (Å²) in [5.74, 6) is 0.707. The van der Waals surface area contributed by atoms with Crippen LogP contribution in [0.5, 0.6) is 5.75 Å². The van der Waals surface area contributed by atoms with E-state index < -0.39 is 0 Å². The molecule has 0 aromatic carbocycles. The number of hydrogen-bond acceptors (Lipinski definition) is 4. The minimum absolute atomic E-state index is 0.484. The van der Waals surface area contributed by atoms with Crippen molar-refractivity contribution in [1.29, 1.82) is 0 Å². The van der Waals surface area contributed by atoms with Crippen molar-refractivity contribution in [2.75, 3.05) is 7.11 Å². The van der Waals surface area contributed by atoms with Crippen LogP contribution in [0.15, 0.2) is 23.7 Å². The van der Waals surface area contributed by atoms with Crippen molar-refractivity contribution in [3.05, 3.63) is 28.9 Å². The summed E-state index contributed by atoms with van der Waals surface area (Å²) in [7, 11) is 1.61. The van der Waals surface area contributed by atoms with Crippen molar-refractivity contribution in [3.63, 3.8) is 0 Å². The minimum atomic E-state index is 0.484. The van der Waals surface area contributed by atoms with Crippen molar-refractivity contribution in [2.24, 2.45) is 0 Å². The maximum absolute atomic E-state index is 5.74. The second-order valence-electron chi connectivity index (χ2n) is 2.53. The average Bonchev–Trinajstić information content (AvgIpc) is 2.65. The van der Waals surface area contributed by atoms with Gasteiger partial charge in [-0.2, -0.15) is 0 Å². The van der Waals surface area contributed by atoms with E-state index in [1.54, 1.807) is 18.7 Å². The van der Waals surface area contributed by atoms with E-state index in [9.17, 15) is 0 Å². The van der Waals surface area contributed by atoms with Crippen LogP contribution in [0.25, 0.3) is 10.7 Å². The molecule has 3 nitrogen and oxygen atoms in total. The Morgan fingerprint density at radius 2 is 2.36 bits per heavy atom. The normalized spacial score (nSPS) is 10.1. The highest BCUT2D eigenvalue weighted by molar-refractivity contribution is 7.13. The van der Waals surface area contributed by atoms with E-state index in [-0.39, 0.29) is 0 Å². The lowest BCUT2D eigenvalue weighted by molar-refractivity contribution is 0.415. The van der Waals surface area contributed by atoms with Gasteiger partial charge in [0.1, 0.15) is 21.6 Å². The number of methoxy groups -OCH3 is 1. The maximum Gasteiger partial charge on any atom is 0.147 e. The first-order valence-corrected chi connectivity index (χ1v) is 5.17. The molecule has 0 aliphatic carbocycles. The van der Waals surface area contributed by atoms with E-state index >= 15 is 0 Å². The highest BCUT2D eigenvalue weighted by Crippen LogP contribution is 2.30. The van der Waals surface area contributed by atoms with Crippen LogP contribution in [0.4, 0.5) is 0 Å². The van der Waals surface area contributed by atoms with Gasteiger partial charge in [0, 0.05) is 11.6 Å². The summed E-state index contributed by atoms with van der Waals surface area (Å²) in [5.41, 5.74) is 0.729. The molecule has 0 saturated heterocycles. The second-order valence-corrected chi connectivity index (χ2v) is 3.78. The number of nitrogens with zero attached hydrogens (tertiary/aromatic N) is 2. The molecule has 2 aromatic heterocycles. The number of rotatable bonds is 2. The minimum Gasteiger partial charge on any atom is -0.494 e. The van der Waals surface area contributed by atoms with Crippen molar-refractivity contribution in [2.45, 2.75) is 0 Å². The zero-order valence-electron chi connectivity index (χ0n) is 7.40. The first kappa shape index (κ1) is 9.43. The standard InChI is InChI=1S/C9H7ClN2OS/c1-13-6-3-2-4-11-8(6)9-12-7(10)5-14-9/h2-5H,1H3. The molecule has 0 atom stereocenters. The van der Waals surface area contributed by atoms with Gasteiger partial charge in [0.15, 0.2) is 0 Å². The maximum atomic E-state index is 5.74. The Labute approximate surface area is 90.3 Å². The zero-order valence-corrected chi connectivity index (χ0v) is 8.97. The van der Waals surface area contributed by atoms with Gasteiger partial charge in [-0.3, -0.25) is 0 Å². The van der Waals surface area contributed by atoms with Crippen LogP contribution in [0.3, 0.4) is 0 Å². The van der Waals surface area contributed by atoms with Gasteiger partial charge in [-0.25, -0.2) is 9.97 Å². The van der Waals surface area contributed by atoms with Gasteiger partial charge in [-0.05, 0) is 12.1 Å². The van der Waals surface area contributed by atoms with Gasteiger partial charge in [-0.1, -0.05) is 11.6 Å². The third kappa shape index (κ3) is 1.71. The average molecular weight is 227 g/mol. The lowest BCUT2D eigenvalue weighted by Crippen LogP contribution is -1.89. The van der Waals surface area contributed by atoms with Gasteiger partial charge >= 0.3 is 0 Å². The van der Waals surface area contributed by atoms with Gasteiger partial charge in [0.2, 0.25) is 0 Å². The molecule has 2 rings (SSSR count). The van der Waals surface area contributed by atoms with Gasteiger partial charge in [-0.15, -0.1) is 11.3 Å². The first-order valence-electron chi connectivity index (χ1n) is 3.91. The van der Waals surface area contributed by atoms with Crippen molar-refractivity contribution in [3.8, 4) is 16.5 Å². The predicted molar refractivity (Wildman–Crippen MR) is 56.9 cm³/mol. The van der Waals surface area contributed by atoms with Crippen LogP contribution >= 0.6 is 22.9 Å². The second kappa shape index (κ2) is 3.94. The predicted octanol–water partition coefficient (Wildman–Crippen LogP) is 2.87. The molecule has 0 aliphatic heterocycles. The Kier molecular flexibility index (Phi) is 2.65. The molecule has 14 heavy (non-hydrogen) atoms. The fourth-order valence-corrected chi connectivity index (χ4v) is 2.02. The summed E-state index contributed by atoms with van der Waals surface area (Å²) in [5, 5.41) is 3.02. The van der Waals surface area contributed by atoms with Crippen molar-refractivity contribution < 1.29 is 4.74 Å². The van der Waals surface area contributed by atoms with Crippen molar-refractivity contribution >= 4 is 22.9 Å². The lowest BCUT2D eigenvalue weighted by atomic mass is 10.3. The summed E-state index contributed by atoms with van der Waals surface area (Å²) >= 11 is 7.18. The number of aromatic nitrogens is 2. The largest absolute Gasteiger partial charge is 0.494 e. The molecule has 5 heteroatoms. The topological polar surface area (TPSA) is 35.0 Å². The van der Waals surface area contributed by atoms with Crippen LogP contribution in [-0.4, -0.2) is 17.1 Å². The Hall–Kier alpha value is -1.13. The third-order valence-electron chi connectivity index (χ3n) is 1.67. The fourth-order valence-electron chi connectivity index (χ4n) is 1.08. The van der Waals surface area contributed by atoms with Crippen molar-refractivity contribution in [1.82, 2.24) is 9.97 Å². The molecule has 0 amide bonds. The molecule has 0 radical (unpaired) electrons. The number of ether oxygens (including phenoxy) is 1. The lowest BCUT2D eigenvalue weighted by Gasteiger charge is -2.02. The molecular formula is C9H7ClN2OS. The molecule has 2 heterocycles. The summed E-state index contributed by atoms with van der Waals surface area (Å²) in [6, 6.07) is 3.66. The number of pyridine rings is 1. The monoisotopic (exact) mass is 226 g/mol. The van der Waals surface area contributed by atoms with E-state index in [0.717, 1.165) is 10.7 Å². The highest BCUT2D eigenvalue weighted by atomic mass is 35.5.